The molecule has 2 N–H and O–H groups in total. The molecule has 0 aliphatic carbocycles. The van der Waals surface area contributed by atoms with E-state index in [2.05, 4.69) is 73.8 Å². The molecule has 0 saturated carbocycles. The normalized spacial score (nSPS) is 12.3. The van der Waals surface area contributed by atoms with Gasteiger partial charge < -0.3 is 10.6 Å². The Morgan fingerprint density at radius 1 is 0.953 bits per heavy atom. The highest BCUT2D eigenvalue weighted by atomic mass is 16.1. The summed E-state index contributed by atoms with van der Waals surface area (Å²) in [4.78, 5) is 22.3. The number of nitrogens with one attached hydrogen (secondary N) is 2. The van der Waals surface area contributed by atoms with Gasteiger partial charge in [-0.2, -0.15) is 0 Å². The lowest BCUT2D eigenvalue weighted by atomic mass is 9.94. The average molecular weight is 571 g/mol. The summed E-state index contributed by atoms with van der Waals surface area (Å²) in [6.07, 6.45) is 3.99. The number of amides is 1. The maximum Gasteiger partial charge on any atom is 0.251 e. The summed E-state index contributed by atoms with van der Waals surface area (Å²) in [7, 11) is 7.62. The zero-order valence-corrected chi connectivity index (χ0v) is 26.2. The third-order valence-corrected chi connectivity index (χ3v) is 7.23. The van der Waals surface area contributed by atoms with Crippen molar-refractivity contribution in [3.05, 3.63) is 126 Å². The van der Waals surface area contributed by atoms with Crippen molar-refractivity contribution < 1.29 is 4.79 Å². The lowest BCUT2D eigenvalue weighted by molar-refractivity contribution is 0.0954. The van der Waals surface area contributed by atoms with Gasteiger partial charge in [-0.3, -0.25) is 14.8 Å². The quantitative estimate of drug-likeness (QED) is 0.103. The van der Waals surface area contributed by atoms with E-state index in [4.69, 9.17) is 12.8 Å². The number of amidine groups is 1. The number of benzene rings is 3. The van der Waals surface area contributed by atoms with Gasteiger partial charge in [0.05, 0.1) is 0 Å². The highest BCUT2D eigenvalue weighted by molar-refractivity contribution is 6.32. The standard InChI is InChI=1S/C37H43BN4O/c1-8-10-34(36(39-7)41-26(4)5)42-35(23-27(6)25(2)3)31-17-13-29(14-18-31)30-15-19-32(20-16-30)37(43)40-22-21-28-11-9-12-33(38)24-28/h8-9,11-20,24,34H,1,4,10,21-23H2,2-3,5-7H3,(H,39,41)(H,40,43). The molecule has 0 aliphatic heterocycles. The van der Waals surface area contributed by atoms with E-state index in [0.717, 1.165) is 57.8 Å². The van der Waals surface area contributed by atoms with Crippen LogP contribution in [0.15, 0.2) is 119 Å². The molecule has 1 unspecified atom stereocenters. The smallest absolute Gasteiger partial charge is 0.251 e. The molecule has 0 fully saturated rings. The van der Waals surface area contributed by atoms with E-state index in [1.165, 1.54) is 11.1 Å². The molecule has 0 saturated heterocycles. The van der Waals surface area contributed by atoms with Crippen molar-refractivity contribution in [2.45, 2.75) is 53.0 Å². The van der Waals surface area contributed by atoms with Crippen LogP contribution in [-0.2, 0) is 6.42 Å². The lowest BCUT2D eigenvalue weighted by Crippen LogP contribution is -2.33. The first-order chi connectivity index (χ1) is 20.6. The molecule has 1 amide bonds. The Morgan fingerprint density at radius 3 is 2.12 bits per heavy atom. The molecule has 220 valence electrons. The number of carbonyl (C=O) groups is 1. The Bertz CT molecular complexity index is 1510. The highest BCUT2D eigenvalue weighted by Gasteiger charge is 2.16. The topological polar surface area (TPSA) is 65.8 Å². The van der Waals surface area contributed by atoms with Crippen molar-refractivity contribution in [1.29, 1.82) is 0 Å². The van der Waals surface area contributed by atoms with Crippen molar-refractivity contribution in [3.8, 4) is 11.1 Å². The van der Waals surface area contributed by atoms with E-state index in [1.807, 2.05) is 61.5 Å². The minimum Gasteiger partial charge on any atom is -0.352 e. The lowest BCUT2D eigenvalue weighted by Gasteiger charge is -2.19. The van der Waals surface area contributed by atoms with Gasteiger partial charge in [-0.25, -0.2) is 0 Å². The van der Waals surface area contributed by atoms with Crippen LogP contribution in [0, 0.1) is 0 Å². The van der Waals surface area contributed by atoms with Crippen molar-refractivity contribution in [2.24, 2.45) is 9.98 Å². The largest absolute Gasteiger partial charge is 0.352 e. The third kappa shape index (κ3) is 10.1. The molecular weight excluding hydrogens is 527 g/mol. The molecule has 0 aromatic heterocycles. The predicted molar refractivity (Wildman–Crippen MR) is 185 cm³/mol. The van der Waals surface area contributed by atoms with E-state index in [9.17, 15) is 4.79 Å². The molecule has 1 atom stereocenters. The molecule has 5 nitrogen and oxygen atoms in total. The first-order valence-corrected chi connectivity index (χ1v) is 14.6. The number of allylic oxidation sites excluding steroid dienone is 3. The molecular formula is C37H43BN4O. The second kappa shape index (κ2) is 16.3. The molecule has 3 aromatic rings. The summed E-state index contributed by atoms with van der Waals surface area (Å²) in [6.45, 7) is 16.8. The van der Waals surface area contributed by atoms with Crippen LogP contribution in [0.3, 0.4) is 0 Å². The number of rotatable bonds is 13. The molecule has 2 radical (unpaired) electrons. The summed E-state index contributed by atoms with van der Waals surface area (Å²) < 4.78 is 0. The van der Waals surface area contributed by atoms with Gasteiger partial charge in [0.2, 0.25) is 0 Å². The fraction of sp³-hybridized carbons (Fsp3) is 0.270. The van der Waals surface area contributed by atoms with Crippen LogP contribution in [0.4, 0.5) is 0 Å². The molecule has 0 spiro atoms. The number of hydrogen-bond acceptors (Lipinski definition) is 3. The summed E-state index contributed by atoms with van der Waals surface area (Å²) in [6, 6.07) is 23.7. The molecule has 0 heterocycles. The zero-order chi connectivity index (χ0) is 31.4. The first kappa shape index (κ1) is 33.1. The van der Waals surface area contributed by atoms with E-state index < -0.39 is 0 Å². The van der Waals surface area contributed by atoms with Gasteiger partial charge in [-0.1, -0.05) is 89.9 Å². The summed E-state index contributed by atoms with van der Waals surface area (Å²) in [5.41, 5.74) is 9.99. The van der Waals surface area contributed by atoms with Crippen LogP contribution in [0.2, 0.25) is 0 Å². The molecule has 43 heavy (non-hydrogen) atoms. The van der Waals surface area contributed by atoms with E-state index in [-0.39, 0.29) is 11.9 Å². The fourth-order valence-electron chi connectivity index (χ4n) is 4.57. The molecule has 3 rings (SSSR count). The Kier molecular flexibility index (Phi) is 12.5. The van der Waals surface area contributed by atoms with Crippen LogP contribution in [-0.4, -0.2) is 44.9 Å². The van der Waals surface area contributed by atoms with Gasteiger partial charge in [-0.15, -0.1) is 6.58 Å². The van der Waals surface area contributed by atoms with Gasteiger partial charge in [0.15, 0.2) is 0 Å². The maximum absolute atomic E-state index is 12.7. The predicted octanol–water partition coefficient (Wildman–Crippen LogP) is 6.75. The Morgan fingerprint density at radius 2 is 1.58 bits per heavy atom. The highest BCUT2D eigenvalue weighted by Crippen LogP contribution is 2.23. The van der Waals surface area contributed by atoms with E-state index in [1.54, 1.807) is 7.05 Å². The molecule has 0 bridgehead atoms. The van der Waals surface area contributed by atoms with Gasteiger partial charge in [0.25, 0.3) is 5.91 Å². The van der Waals surface area contributed by atoms with Crippen molar-refractivity contribution in [2.75, 3.05) is 13.6 Å². The minimum atomic E-state index is -0.191. The number of aliphatic imine (C=N–C) groups is 2. The van der Waals surface area contributed by atoms with Crippen LogP contribution in [0.1, 0.15) is 62.0 Å². The number of carbonyl (C=O) groups excluding carboxylic acids is 1. The fourth-order valence-corrected chi connectivity index (χ4v) is 4.57. The molecule has 0 aliphatic rings. The van der Waals surface area contributed by atoms with Gasteiger partial charge in [0, 0.05) is 37.0 Å². The van der Waals surface area contributed by atoms with Gasteiger partial charge in [-0.05, 0) is 74.9 Å². The average Bonchev–Trinajstić information content (AvgIpc) is 2.99. The first-order valence-electron chi connectivity index (χ1n) is 14.6. The van der Waals surface area contributed by atoms with Gasteiger partial charge >= 0.3 is 0 Å². The third-order valence-electron chi connectivity index (χ3n) is 7.23. The Hall–Kier alpha value is -4.45. The number of nitrogens with zero attached hydrogens (tertiary/aromatic N) is 2. The number of hydrogen-bond donors (Lipinski definition) is 2. The van der Waals surface area contributed by atoms with Crippen LogP contribution in [0.25, 0.3) is 11.1 Å². The monoisotopic (exact) mass is 570 g/mol. The Balaban J connectivity index is 1.78. The van der Waals surface area contributed by atoms with Crippen LogP contribution in [0.5, 0.6) is 0 Å². The minimum absolute atomic E-state index is 0.0912. The zero-order valence-electron chi connectivity index (χ0n) is 26.2. The summed E-state index contributed by atoms with van der Waals surface area (Å²) >= 11 is 0. The van der Waals surface area contributed by atoms with E-state index in [0.29, 0.717) is 18.5 Å². The Labute approximate surface area is 259 Å². The summed E-state index contributed by atoms with van der Waals surface area (Å²) in [5, 5.41) is 6.26. The summed E-state index contributed by atoms with van der Waals surface area (Å²) in [5.74, 6) is 0.678. The van der Waals surface area contributed by atoms with Crippen LogP contribution >= 0.6 is 0 Å². The van der Waals surface area contributed by atoms with Crippen molar-refractivity contribution in [3.63, 3.8) is 0 Å². The second-order valence-corrected chi connectivity index (χ2v) is 11.0. The van der Waals surface area contributed by atoms with E-state index >= 15 is 0 Å². The SMILES string of the molecule is [B]c1cccc(CCNC(=O)c2ccc(-c3ccc(C(CC(C)=C(C)C)=NC(CC=C)C(=NC)NC(=C)C)cc3)cc2)c1. The molecule has 6 heteroatoms. The van der Waals surface area contributed by atoms with Crippen molar-refractivity contribution in [1.82, 2.24) is 10.6 Å². The maximum atomic E-state index is 12.7. The van der Waals surface area contributed by atoms with Crippen molar-refractivity contribution >= 4 is 30.8 Å². The van der Waals surface area contributed by atoms with Gasteiger partial charge in [0.1, 0.15) is 19.7 Å². The molecule has 3 aromatic carbocycles. The van der Waals surface area contributed by atoms with Crippen LogP contribution < -0.4 is 16.1 Å². The second-order valence-electron chi connectivity index (χ2n) is 11.0.